The number of nitrogens with one attached hydrogen (secondary N) is 1. The van der Waals surface area contributed by atoms with Gasteiger partial charge in [-0.1, -0.05) is 6.07 Å². The van der Waals surface area contributed by atoms with Crippen LogP contribution in [0.15, 0.2) is 52.1 Å². The van der Waals surface area contributed by atoms with Crippen molar-refractivity contribution in [3.63, 3.8) is 0 Å². The van der Waals surface area contributed by atoms with Crippen molar-refractivity contribution in [2.45, 2.75) is 13.0 Å². The monoisotopic (exact) mass is 335 g/mol. The summed E-state index contributed by atoms with van der Waals surface area (Å²) in [5.41, 5.74) is 0.478. The number of pyridine rings is 2. The second-order valence-corrected chi connectivity index (χ2v) is 5.15. The van der Waals surface area contributed by atoms with Gasteiger partial charge >= 0.3 is 0 Å². The van der Waals surface area contributed by atoms with Crippen molar-refractivity contribution in [2.75, 3.05) is 6.54 Å². The van der Waals surface area contributed by atoms with Crippen LogP contribution in [0.2, 0.25) is 0 Å². The fourth-order valence-electron chi connectivity index (χ4n) is 1.73. The molecule has 6 heteroatoms. The van der Waals surface area contributed by atoms with Gasteiger partial charge < -0.3 is 9.88 Å². The molecule has 0 aliphatic rings. The Kier molecular flexibility index (Phi) is 5.06. The Balaban J connectivity index is 1.80. The van der Waals surface area contributed by atoms with Gasteiger partial charge in [-0.05, 0) is 34.5 Å². The zero-order valence-corrected chi connectivity index (χ0v) is 12.3. The molecule has 1 N–H and O–H groups in total. The van der Waals surface area contributed by atoms with Gasteiger partial charge in [0.2, 0.25) is 5.56 Å². The van der Waals surface area contributed by atoms with Gasteiger partial charge in [-0.3, -0.25) is 14.6 Å². The minimum atomic E-state index is -0.167. The highest BCUT2D eigenvalue weighted by atomic mass is 79.9. The summed E-state index contributed by atoms with van der Waals surface area (Å²) < 4.78 is 2.38. The molecule has 0 atom stereocenters. The summed E-state index contributed by atoms with van der Waals surface area (Å²) in [6.07, 6.45) is 5.57. The minimum Gasteiger partial charge on any atom is -0.352 e. The van der Waals surface area contributed by atoms with Crippen LogP contribution in [-0.4, -0.2) is 22.0 Å². The fourth-order valence-corrected chi connectivity index (χ4v) is 2.10. The summed E-state index contributed by atoms with van der Waals surface area (Å²) in [7, 11) is 0. The number of amides is 1. The Bertz CT molecular complexity index is 655. The van der Waals surface area contributed by atoms with Gasteiger partial charge in [-0.15, -0.1) is 0 Å². The van der Waals surface area contributed by atoms with Crippen molar-refractivity contribution in [2.24, 2.45) is 0 Å². The van der Waals surface area contributed by atoms with Gasteiger partial charge in [-0.2, -0.15) is 0 Å². The Labute approximate surface area is 124 Å². The van der Waals surface area contributed by atoms with Gasteiger partial charge in [0, 0.05) is 42.2 Å². The van der Waals surface area contributed by atoms with Crippen molar-refractivity contribution in [3.8, 4) is 0 Å². The molecule has 2 aromatic heterocycles. The summed E-state index contributed by atoms with van der Waals surface area (Å²) in [5, 5.41) is 2.80. The van der Waals surface area contributed by atoms with Gasteiger partial charge in [0.15, 0.2) is 0 Å². The number of aryl methyl sites for hydroxylation is 1. The van der Waals surface area contributed by atoms with Crippen LogP contribution < -0.4 is 10.9 Å². The van der Waals surface area contributed by atoms with Crippen LogP contribution in [0, 0.1) is 0 Å². The van der Waals surface area contributed by atoms with E-state index in [1.807, 2.05) is 6.07 Å². The number of hydrogen-bond acceptors (Lipinski definition) is 3. The van der Waals surface area contributed by atoms with E-state index in [9.17, 15) is 9.59 Å². The highest BCUT2D eigenvalue weighted by molar-refractivity contribution is 9.10. The normalized spacial score (nSPS) is 10.2. The Morgan fingerprint density at radius 2 is 2.20 bits per heavy atom. The molecule has 20 heavy (non-hydrogen) atoms. The third kappa shape index (κ3) is 4.03. The second-order valence-electron chi connectivity index (χ2n) is 4.23. The second kappa shape index (κ2) is 7.00. The van der Waals surface area contributed by atoms with Crippen molar-refractivity contribution in [1.29, 1.82) is 0 Å². The van der Waals surface area contributed by atoms with Crippen molar-refractivity contribution in [3.05, 3.63) is 63.2 Å². The van der Waals surface area contributed by atoms with Crippen LogP contribution in [0.25, 0.3) is 0 Å². The maximum Gasteiger partial charge on any atom is 0.252 e. The lowest BCUT2D eigenvalue weighted by molar-refractivity contribution is 0.0952. The first-order chi connectivity index (χ1) is 9.66. The van der Waals surface area contributed by atoms with Gasteiger partial charge in [0.1, 0.15) is 0 Å². The Hall–Kier alpha value is -1.95. The summed E-state index contributed by atoms with van der Waals surface area (Å²) in [4.78, 5) is 27.2. The van der Waals surface area contributed by atoms with E-state index in [1.165, 1.54) is 12.3 Å². The molecule has 0 aliphatic heterocycles. The molecule has 2 rings (SSSR count). The lowest BCUT2D eigenvalue weighted by Crippen LogP contribution is -2.26. The molecule has 0 aromatic carbocycles. The molecule has 0 saturated heterocycles. The molecule has 0 bridgehead atoms. The Morgan fingerprint density at radius 3 is 2.95 bits per heavy atom. The third-order valence-electron chi connectivity index (χ3n) is 2.73. The summed E-state index contributed by atoms with van der Waals surface area (Å²) in [5.74, 6) is -0.167. The zero-order chi connectivity index (χ0) is 14.4. The fraction of sp³-hybridized carbons (Fsp3) is 0.214. The highest BCUT2D eigenvalue weighted by Crippen LogP contribution is 2.09. The molecule has 2 aromatic rings. The highest BCUT2D eigenvalue weighted by Gasteiger charge is 2.05. The van der Waals surface area contributed by atoms with Gasteiger partial charge in [-0.25, -0.2) is 0 Å². The maximum absolute atomic E-state index is 11.8. The minimum absolute atomic E-state index is 0.0324. The van der Waals surface area contributed by atoms with E-state index in [2.05, 4.69) is 26.2 Å². The van der Waals surface area contributed by atoms with Crippen molar-refractivity contribution < 1.29 is 4.79 Å². The van der Waals surface area contributed by atoms with Crippen LogP contribution in [0.3, 0.4) is 0 Å². The van der Waals surface area contributed by atoms with E-state index >= 15 is 0 Å². The van der Waals surface area contributed by atoms with Crippen molar-refractivity contribution >= 4 is 21.8 Å². The average molecular weight is 336 g/mol. The number of hydrogen-bond donors (Lipinski definition) is 1. The lowest BCUT2D eigenvalue weighted by atomic mass is 10.2. The molecule has 5 nitrogen and oxygen atoms in total. The largest absolute Gasteiger partial charge is 0.352 e. The number of carbonyl (C=O) groups is 1. The molecule has 2 heterocycles. The molecular formula is C14H14BrN3O2. The number of rotatable bonds is 5. The van der Waals surface area contributed by atoms with E-state index in [1.54, 1.807) is 29.1 Å². The molecule has 0 radical (unpaired) electrons. The molecule has 0 unspecified atom stereocenters. The number of aromatic nitrogens is 2. The predicted molar refractivity (Wildman–Crippen MR) is 79.6 cm³/mol. The standard InChI is InChI=1S/C14H14BrN3O2/c15-12-8-11(9-16-10-12)14(20)17-5-3-7-18-6-2-1-4-13(18)19/h1-2,4,6,8-10H,3,5,7H2,(H,17,20). The van der Waals surface area contributed by atoms with Gasteiger partial charge in [0.05, 0.1) is 5.56 Å². The number of nitrogens with zero attached hydrogens (tertiary/aromatic N) is 2. The summed E-state index contributed by atoms with van der Waals surface area (Å²) >= 11 is 3.27. The summed E-state index contributed by atoms with van der Waals surface area (Å²) in [6, 6.07) is 6.75. The van der Waals surface area contributed by atoms with E-state index in [0.717, 1.165) is 4.47 Å². The first-order valence-electron chi connectivity index (χ1n) is 6.21. The number of halogens is 1. The van der Waals surface area contributed by atoms with Crippen LogP contribution in [0.4, 0.5) is 0 Å². The maximum atomic E-state index is 11.8. The molecule has 0 saturated carbocycles. The van der Waals surface area contributed by atoms with E-state index < -0.39 is 0 Å². The molecule has 0 fully saturated rings. The SMILES string of the molecule is O=C(NCCCn1ccccc1=O)c1cncc(Br)c1. The first-order valence-corrected chi connectivity index (χ1v) is 7.00. The van der Waals surface area contributed by atoms with Crippen LogP contribution >= 0.6 is 15.9 Å². The third-order valence-corrected chi connectivity index (χ3v) is 3.16. The van der Waals surface area contributed by atoms with Crippen LogP contribution in [-0.2, 0) is 6.54 Å². The topological polar surface area (TPSA) is 64.0 Å². The molecular weight excluding hydrogens is 322 g/mol. The predicted octanol–water partition coefficient (Wildman–Crippen LogP) is 1.83. The van der Waals surface area contributed by atoms with E-state index in [4.69, 9.17) is 0 Å². The lowest BCUT2D eigenvalue weighted by Gasteiger charge is -2.07. The summed E-state index contributed by atoms with van der Waals surface area (Å²) in [6.45, 7) is 1.09. The van der Waals surface area contributed by atoms with E-state index in [0.29, 0.717) is 25.1 Å². The zero-order valence-electron chi connectivity index (χ0n) is 10.8. The molecule has 0 aliphatic carbocycles. The van der Waals surface area contributed by atoms with Crippen LogP contribution in [0.1, 0.15) is 16.8 Å². The molecule has 104 valence electrons. The number of carbonyl (C=O) groups excluding carboxylic acids is 1. The van der Waals surface area contributed by atoms with E-state index in [-0.39, 0.29) is 11.5 Å². The Morgan fingerprint density at radius 1 is 1.35 bits per heavy atom. The first kappa shape index (κ1) is 14.5. The average Bonchev–Trinajstić information content (AvgIpc) is 2.45. The van der Waals surface area contributed by atoms with Crippen LogP contribution in [0.5, 0.6) is 0 Å². The quantitative estimate of drug-likeness (QED) is 0.848. The molecule has 0 spiro atoms. The molecule has 1 amide bonds. The smallest absolute Gasteiger partial charge is 0.252 e. The van der Waals surface area contributed by atoms with Crippen molar-refractivity contribution in [1.82, 2.24) is 14.9 Å². The van der Waals surface area contributed by atoms with Gasteiger partial charge in [0.25, 0.3) is 5.91 Å².